The van der Waals surface area contributed by atoms with E-state index in [1.807, 2.05) is 49.5 Å². The van der Waals surface area contributed by atoms with E-state index in [0.717, 1.165) is 23.2 Å². The fourth-order valence-electron chi connectivity index (χ4n) is 3.41. The Hall–Kier alpha value is -3.44. The van der Waals surface area contributed by atoms with Gasteiger partial charge >= 0.3 is 0 Å². The second kappa shape index (κ2) is 8.71. The molecular weight excluding hydrogens is 360 g/mol. The number of nitrogens with zero attached hydrogens (tertiary/aromatic N) is 3. The average Bonchev–Trinajstić information content (AvgIpc) is 3.10. The molecule has 148 valence electrons. The van der Waals surface area contributed by atoms with E-state index >= 15 is 0 Å². The van der Waals surface area contributed by atoms with Crippen LogP contribution in [0.15, 0.2) is 72.8 Å². The zero-order chi connectivity index (χ0) is 21.0. The SMILES string of the molecule is C=CCc1c(C)cc(C(=C)/N=C(\ON)c2cc(-c3ccccc3)n(C)n2)cc1C. The van der Waals surface area contributed by atoms with Crippen LogP contribution in [0.3, 0.4) is 0 Å². The third-order valence-electron chi connectivity index (χ3n) is 4.89. The predicted molar refractivity (Wildman–Crippen MR) is 119 cm³/mol. The van der Waals surface area contributed by atoms with Crippen LogP contribution in [-0.4, -0.2) is 15.7 Å². The van der Waals surface area contributed by atoms with Crippen molar-refractivity contribution in [3.8, 4) is 11.3 Å². The lowest BCUT2D eigenvalue weighted by atomic mass is 9.96. The standard InChI is InChI=1S/C24H26N4O/c1-6-10-21-16(2)13-20(14-17(21)3)18(4)26-24(29-25)22-15-23(28(5)27-22)19-11-8-7-9-12-19/h6-9,11-15H,1,4,10,25H2,2-3,5H3/b26-24-. The Labute approximate surface area is 171 Å². The predicted octanol–water partition coefficient (Wildman–Crippen LogP) is 4.74. The summed E-state index contributed by atoms with van der Waals surface area (Å²) in [5.41, 5.74) is 7.64. The molecule has 2 N–H and O–H groups in total. The van der Waals surface area contributed by atoms with E-state index < -0.39 is 0 Å². The lowest BCUT2D eigenvalue weighted by molar-refractivity contribution is 0.321. The van der Waals surface area contributed by atoms with Gasteiger partial charge in [0.2, 0.25) is 0 Å². The van der Waals surface area contributed by atoms with Crippen molar-refractivity contribution in [2.45, 2.75) is 20.3 Å². The van der Waals surface area contributed by atoms with Crippen LogP contribution >= 0.6 is 0 Å². The molecule has 0 atom stereocenters. The number of aliphatic imine (C=N–C) groups is 1. The second-order valence-corrected chi connectivity index (χ2v) is 6.97. The molecule has 0 aliphatic carbocycles. The Kier molecular flexibility index (Phi) is 6.10. The van der Waals surface area contributed by atoms with Crippen LogP contribution in [0.25, 0.3) is 17.0 Å². The molecule has 2 aromatic carbocycles. The molecule has 0 aliphatic rings. The lowest BCUT2D eigenvalue weighted by Gasteiger charge is -2.11. The fourth-order valence-corrected chi connectivity index (χ4v) is 3.41. The normalized spacial score (nSPS) is 11.4. The van der Waals surface area contributed by atoms with Crippen LogP contribution in [0.5, 0.6) is 0 Å². The van der Waals surface area contributed by atoms with Crippen molar-refractivity contribution in [3.05, 3.63) is 95.7 Å². The van der Waals surface area contributed by atoms with Crippen LogP contribution in [-0.2, 0) is 18.3 Å². The van der Waals surface area contributed by atoms with Gasteiger partial charge in [0, 0.05) is 12.6 Å². The molecule has 1 heterocycles. The summed E-state index contributed by atoms with van der Waals surface area (Å²) in [6, 6.07) is 16.0. The molecule has 0 fully saturated rings. The minimum Gasteiger partial charge on any atom is -0.389 e. The van der Waals surface area contributed by atoms with Crippen molar-refractivity contribution < 1.29 is 4.84 Å². The van der Waals surface area contributed by atoms with Gasteiger partial charge in [-0.15, -0.1) is 6.58 Å². The molecule has 0 aliphatic heterocycles. The molecule has 5 heteroatoms. The van der Waals surface area contributed by atoms with Crippen LogP contribution in [0.2, 0.25) is 0 Å². The second-order valence-electron chi connectivity index (χ2n) is 6.97. The zero-order valence-electron chi connectivity index (χ0n) is 17.1. The van der Waals surface area contributed by atoms with Crippen molar-refractivity contribution in [2.24, 2.45) is 17.9 Å². The number of aryl methyl sites for hydroxylation is 3. The van der Waals surface area contributed by atoms with Crippen LogP contribution < -0.4 is 5.90 Å². The first-order chi connectivity index (χ1) is 13.9. The van der Waals surface area contributed by atoms with Gasteiger partial charge in [-0.1, -0.05) is 43.0 Å². The Morgan fingerprint density at radius 3 is 2.41 bits per heavy atom. The van der Waals surface area contributed by atoms with E-state index in [4.69, 9.17) is 10.7 Å². The minimum absolute atomic E-state index is 0.221. The number of hydrogen-bond acceptors (Lipinski definition) is 4. The van der Waals surface area contributed by atoms with Gasteiger partial charge in [-0.3, -0.25) is 4.68 Å². The smallest absolute Gasteiger partial charge is 0.265 e. The highest BCUT2D eigenvalue weighted by molar-refractivity contribution is 5.96. The molecule has 0 saturated heterocycles. The topological polar surface area (TPSA) is 65.4 Å². The number of aromatic nitrogens is 2. The summed E-state index contributed by atoms with van der Waals surface area (Å²) < 4.78 is 1.78. The molecule has 0 amide bonds. The van der Waals surface area contributed by atoms with Crippen molar-refractivity contribution in [3.63, 3.8) is 0 Å². The van der Waals surface area contributed by atoms with E-state index in [1.165, 1.54) is 16.7 Å². The first kappa shape index (κ1) is 20.3. The summed E-state index contributed by atoms with van der Waals surface area (Å²) in [5.74, 6) is 5.74. The molecule has 0 bridgehead atoms. The first-order valence-electron chi connectivity index (χ1n) is 9.40. The van der Waals surface area contributed by atoms with Crippen molar-refractivity contribution in [1.82, 2.24) is 9.78 Å². The highest BCUT2D eigenvalue weighted by atomic mass is 16.6. The van der Waals surface area contributed by atoms with Crippen molar-refractivity contribution in [1.29, 1.82) is 0 Å². The molecule has 0 spiro atoms. The fraction of sp³-hybridized carbons (Fsp3) is 0.167. The minimum atomic E-state index is 0.221. The number of hydrogen-bond donors (Lipinski definition) is 1. The van der Waals surface area contributed by atoms with Gasteiger partial charge in [0.25, 0.3) is 5.90 Å². The third-order valence-corrected chi connectivity index (χ3v) is 4.89. The molecule has 5 nitrogen and oxygen atoms in total. The quantitative estimate of drug-likeness (QED) is 0.288. The molecule has 0 radical (unpaired) electrons. The Morgan fingerprint density at radius 1 is 1.17 bits per heavy atom. The first-order valence-corrected chi connectivity index (χ1v) is 9.40. The number of nitrogens with two attached hydrogens (primary N) is 1. The largest absolute Gasteiger partial charge is 0.389 e. The van der Waals surface area contributed by atoms with Gasteiger partial charge in [-0.2, -0.15) is 11.0 Å². The number of allylic oxidation sites excluding steroid dienone is 1. The number of benzene rings is 2. The van der Waals surface area contributed by atoms with Gasteiger partial charge in [0.15, 0.2) is 0 Å². The molecule has 0 unspecified atom stereocenters. The summed E-state index contributed by atoms with van der Waals surface area (Å²) in [5, 5.41) is 4.51. The average molecular weight is 386 g/mol. The molecule has 1 aromatic heterocycles. The summed E-state index contributed by atoms with van der Waals surface area (Å²) in [7, 11) is 1.87. The van der Waals surface area contributed by atoms with Gasteiger partial charge < -0.3 is 4.84 Å². The monoisotopic (exact) mass is 386 g/mol. The van der Waals surface area contributed by atoms with Gasteiger partial charge in [-0.25, -0.2) is 4.99 Å². The summed E-state index contributed by atoms with van der Waals surface area (Å²) in [4.78, 5) is 9.58. The summed E-state index contributed by atoms with van der Waals surface area (Å²) >= 11 is 0. The maximum absolute atomic E-state index is 5.52. The molecule has 3 rings (SSSR count). The van der Waals surface area contributed by atoms with Crippen molar-refractivity contribution in [2.75, 3.05) is 0 Å². The Balaban J connectivity index is 1.95. The van der Waals surface area contributed by atoms with Gasteiger partial charge in [-0.05, 0) is 60.7 Å². The van der Waals surface area contributed by atoms with E-state index in [1.54, 1.807) is 4.68 Å². The highest BCUT2D eigenvalue weighted by Crippen LogP contribution is 2.24. The number of rotatable bonds is 6. The molecule has 3 aromatic rings. The van der Waals surface area contributed by atoms with E-state index in [9.17, 15) is 0 Å². The zero-order valence-corrected chi connectivity index (χ0v) is 17.1. The maximum atomic E-state index is 5.52. The highest BCUT2D eigenvalue weighted by Gasteiger charge is 2.15. The van der Waals surface area contributed by atoms with E-state index in [0.29, 0.717) is 11.4 Å². The van der Waals surface area contributed by atoms with E-state index in [-0.39, 0.29) is 5.90 Å². The summed E-state index contributed by atoms with van der Waals surface area (Å²) in [6.45, 7) is 12.1. The lowest BCUT2D eigenvalue weighted by Crippen LogP contribution is -2.13. The van der Waals surface area contributed by atoms with E-state index in [2.05, 4.69) is 49.2 Å². The van der Waals surface area contributed by atoms with Crippen molar-refractivity contribution >= 4 is 11.6 Å². The van der Waals surface area contributed by atoms with Crippen LogP contribution in [0.1, 0.15) is 27.9 Å². The van der Waals surface area contributed by atoms with Crippen LogP contribution in [0.4, 0.5) is 0 Å². The van der Waals surface area contributed by atoms with Gasteiger partial charge in [0.05, 0.1) is 11.4 Å². The Morgan fingerprint density at radius 2 is 1.83 bits per heavy atom. The Bertz CT molecular complexity index is 1050. The summed E-state index contributed by atoms with van der Waals surface area (Å²) in [6.07, 6.45) is 2.74. The van der Waals surface area contributed by atoms with Crippen LogP contribution in [0, 0.1) is 13.8 Å². The third kappa shape index (κ3) is 4.36. The molecular formula is C24H26N4O. The maximum Gasteiger partial charge on any atom is 0.265 e. The molecule has 0 saturated carbocycles. The molecule has 29 heavy (non-hydrogen) atoms. The van der Waals surface area contributed by atoms with Gasteiger partial charge in [0.1, 0.15) is 5.69 Å².